The van der Waals surface area contributed by atoms with Gasteiger partial charge in [-0.3, -0.25) is 0 Å². The molecule has 0 nitrogen and oxygen atoms in total. The van der Waals surface area contributed by atoms with E-state index in [1.807, 2.05) is 22.6 Å². The topological polar surface area (TPSA) is 0 Å². The zero-order valence-electron chi connectivity index (χ0n) is 9.64. The van der Waals surface area contributed by atoms with Crippen molar-refractivity contribution in [3.05, 3.63) is 68.5 Å². The van der Waals surface area contributed by atoms with Crippen molar-refractivity contribution in [2.24, 2.45) is 0 Å². The van der Waals surface area contributed by atoms with Gasteiger partial charge in [0.15, 0.2) is 11.6 Å². The first-order chi connectivity index (χ1) is 8.99. The molecule has 2 aromatic carbocycles. The molecule has 0 fully saturated rings. The van der Waals surface area contributed by atoms with Crippen LogP contribution in [0.2, 0.25) is 0 Å². The van der Waals surface area contributed by atoms with E-state index in [2.05, 4.69) is 15.9 Å². The molecule has 0 bridgehead atoms. The number of halogens is 5. The minimum atomic E-state index is -0.856. The summed E-state index contributed by atoms with van der Waals surface area (Å²) in [4.78, 5) is -0.198. The Hall–Kier alpha value is -0.560. The molecule has 0 aliphatic rings. The maximum Gasteiger partial charge on any atom is 0.162 e. The van der Waals surface area contributed by atoms with E-state index >= 15 is 0 Å². The number of alkyl halides is 1. The molecular formula is C14H9BrF3I. The molecule has 0 spiro atoms. The molecule has 0 aliphatic heterocycles. The van der Waals surface area contributed by atoms with Crippen LogP contribution in [0.3, 0.4) is 0 Å². The summed E-state index contributed by atoms with van der Waals surface area (Å²) in [5, 5.41) is 0. The van der Waals surface area contributed by atoms with Crippen LogP contribution >= 0.6 is 38.5 Å². The summed E-state index contributed by atoms with van der Waals surface area (Å²) in [5.41, 5.74) is 1.15. The summed E-state index contributed by atoms with van der Waals surface area (Å²) in [6, 6.07) is 8.52. The van der Waals surface area contributed by atoms with Gasteiger partial charge >= 0.3 is 0 Å². The molecule has 19 heavy (non-hydrogen) atoms. The van der Waals surface area contributed by atoms with Gasteiger partial charge in [0, 0.05) is 8.40 Å². The Morgan fingerprint density at radius 1 is 1.11 bits per heavy atom. The highest BCUT2D eigenvalue weighted by Gasteiger charge is 2.16. The van der Waals surface area contributed by atoms with Crippen LogP contribution in [0.15, 0.2) is 36.4 Å². The standard InChI is InChI=1S/C14H9BrF3I/c15-11(10-5-4-9(16)7-13(10)19)6-8-2-1-3-12(17)14(8)18/h1-5,7,11H,6H2. The second-order valence-electron chi connectivity index (χ2n) is 4.05. The van der Waals surface area contributed by atoms with E-state index in [9.17, 15) is 13.2 Å². The summed E-state index contributed by atoms with van der Waals surface area (Å²) >= 11 is 5.46. The molecule has 2 rings (SSSR count). The van der Waals surface area contributed by atoms with E-state index in [0.717, 1.165) is 15.2 Å². The normalized spacial score (nSPS) is 12.5. The molecule has 1 atom stereocenters. The molecule has 0 saturated carbocycles. The quantitative estimate of drug-likeness (QED) is 0.443. The van der Waals surface area contributed by atoms with Crippen molar-refractivity contribution in [3.63, 3.8) is 0 Å². The van der Waals surface area contributed by atoms with Crippen LogP contribution in [-0.4, -0.2) is 0 Å². The second-order valence-corrected chi connectivity index (χ2v) is 6.32. The molecule has 5 heteroatoms. The summed E-state index contributed by atoms with van der Waals surface area (Å²) < 4.78 is 40.5. The lowest BCUT2D eigenvalue weighted by molar-refractivity contribution is 0.498. The van der Waals surface area contributed by atoms with E-state index in [1.165, 1.54) is 18.2 Å². The van der Waals surface area contributed by atoms with Gasteiger partial charge in [0.25, 0.3) is 0 Å². The molecule has 0 N–H and O–H groups in total. The second kappa shape index (κ2) is 6.26. The van der Waals surface area contributed by atoms with E-state index in [-0.39, 0.29) is 10.6 Å². The molecule has 0 amide bonds. The summed E-state index contributed by atoms with van der Waals surface area (Å²) in [6.45, 7) is 0. The van der Waals surface area contributed by atoms with Gasteiger partial charge in [-0.2, -0.15) is 0 Å². The van der Waals surface area contributed by atoms with Gasteiger partial charge in [-0.05, 0) is 58.3 Å². The maximum absolute atomic E-state index is 13.6. The third kappa shape index (κ3) is 3.51. The van der Waals surface area contributed by atoms with Crippen LogP contribution in [-0.2, 0) is 6.42 Å². The van der Waals surface area contributed by atoms with E-state index in [1.54, 1.807) is 12.1 Å². The number of hydrogen-bond acceptors (Lipinski definition) is 0. The van der Waals surface area contributed by atoms with Crippen molar-refractivity contribution in [3.8, 4) is 0 Å². The monoisotopic (exact) mass is 440 g/mol. The molecule has 0 saturated heterocycles. The van der Waals surface area contributed by atoms with Crippen molar-refractivity contribution in [2.75, 3.05) is 0 Å². The molecule has 0 heterocycles. The average molecular weight is 441 g/mol. The summed E-state index contributed by atoms with van der Waals surface area (Å²) in [6.07, 6.45) is 0.297. The smallest absolute Gasteiger partial charge is 0.162 e. The van der Waals surface area contributed by atoms with Crippen molar-refractivity contribution in [1.82, 2.24) is 0 Å². The average Bonchev–Trinajstić information content (AvgIpc) is 2.34. The van der Waals surface area contributed by atoms with Crippen LogP contribution in [0.25, 0.3) is 0 Å². The van der Waals surface area contributed by atoms with Crippen LogP contribution < -0.4 is 0 Å². The number of rotatable bonds is 3. The Bertz CT molecular complexity index is 601. The van der Waals surface area contributed by atoms with Crippen LogP contribution in [0.1, 0.15) is 16.0 Å². The predicted octanol–water partition coefficient (Wildman–Crippen LogP) is 5.39. The van der Waals surface area contributed by atoms with Crippen molar-refractivity contribution in [2.45, 2.75) is 11.2 Å². The third-order valence-corrected chi connectivity index (χ3v) is 4.48. The van der Waals surface area contributed by atoms with E-state index in [4.69, 9.17) is 0 Å². The predicted molar refractivity (Wildman–Crippen MR) is 80.8 cm³/mol. The lowest BCUT2D eigenvalue weighted by Gasteiger charge is -2.13. The van der Waals surface area contributed by atoms with Gasteiger partial charge in [-0.15, -0.1) is 0 Å². The van der Waals surface area contributed by atoms with Crippen LogP contribution in [0, 0.1) is 21.0 Å². The first-order valence-corrected chi connectivity index (χ1v) is 7.50. The zero-order valence-corrected chi connectivity index (χ0v) is 13.4. The van der Waals surface area contributed by atoms with Gasteiger partial charge in [-0.25, -0.2) is 13.2 Å². The van der Waals surface area contributed by atoms with Crippen molar-refractivity contribution in [1.29, 1.82) is 0 Å². The fourth-order valence-corrected chi connectivity index (χ4v) is 3.79. The van der Waals surface area contributed by atoms with E-state index < -0.39 is 11.6 Å². The Kier molecular flexibility index (Phi) is 4.89. The summed E-state index contributed by atoms with van der Waals surface area (Å²) in [7, 11) is 0. The SMILES string of the molecule is Fc1ccc(C(Br)Cc2cccc(F)c2F)c(I)c1. The van der Waals surface area contributed by atoms with Crippen molar-refractivity contribution < 1.29 is 13.2 Å². The third-order valence-electron chi connectivity index (χ3n) is 2.73. The van der Waals surface area contributed by atoms with E-state index in [0.29, 0.717) is 12.0 Å². The van der Waals surface area contributed by atoms with Gasteiger partial charge in [0.1, 0.15) is 5.82 Å². The lowest BCUT2D eigenvalue weighted by Crippen LogP contribution is -2.02. The van der Waals surface area contributed by atoms with Gasteiger partial charge < -0.3 is 0 Å². The number of hydrogen-bond donors (Lipinski definition) is 0. The van der Waals surface area contributed by atoms with Gasteiger partial charge in [0.2, 0.25) is 0 Å². The highest BCUT2D eigenvalue weighted by atomic mass is 127. The Balaban J connectivity index is 2.25. The number of benzene rings is 2. The molecule has 2 aromatic rings. The van der Waals surface area contributed by atoms with Crippen LogP contribution in [0.5, 0.6) is 0 Å². The Morgan fingerprint density at radius 3 is 2.53 bits per heavy atom. The maximum atomic E-state index is 13.6. The lowest BCUT2D eigenvalue weighted by atomic mass is 10.0. The highest BCUT2D eigenvalue weighted by Crippen LogP contribution is 2.31. The molecular weight excluding hydrogens is 432 g/mol. The molecule has 0 aliphatic carbocycles. The molecule has 0 aromatic heterocycles. The Labute approximate surface area is 131 Å². The zero-order chi connectivity index (χ0) is 14.0. The first-order valence-electron chi connectivity index (χ1n) is 5.51. The van der Waals surface area contributed by atoms with Gasteiger partial charge in [0.05, 0.1) is 0 Å². The summed E-state index contributed by atoms with van der Waals surface area (Å²) in [5.74, 6) is -2.00. The molecule has 1 unspecified atom stereocenters. The first kappa shape index (κ1) is 14.8. The largest absolute Gasteiger partial charge is 0.207 e. The fourth-order valence-electron chi connectivity index (χ4n) is 1.76. The molecule has 0 radical (unpaired) electrons. The minimum Gasteiger partial charge on any atom is -0.207 e. The fraction of sp³-hybridized carbons (Fsp3) is 0.143. The minimum absolute atomic E-state index is 0.198. The van der Waals surface area contributed by atoms with Crippen molar-refractivity contribution >= 4 is 38.5 Å². The Morgan fingerprint density at radius 2 is 1.84 bits per heavy atom. The highest BCUT2D eigenvalue weighted by molar-refractivity contribution is 14.1. The molecule has 100 valence electrons. The van der Waals surface area contributed by atoms with Crippen LogP contribution in [0.4, 0.5) is 13.2 Å². The van der Waals surface area contributed by atoms with Gasteiger partial charge in [-0.1, -0.05) is 34.1 Å².